The fourth-order valence-electron chi connectivity index (χ4n) is 3.28. The third-order valence-electron chi connectivity index (χ3n) is 5.06. The number of carbonyl (C=O) groups excluding carboxylic acids is 2. The van der Waals surface area contributed by atoms with E-state index in [0.29, 0.717) is 34.5 Å². The maximum atomic E-state index is 13.0. The number of nitrogens with zero attached hydrogens (tertiary/aromatic N) is 3. The molecule has 34 heavy (non-hydrogen) atoms. The van der Waals surface area contributed by atoms with E-state index in [1.54, 1.807) is 22.9 Å². The summed E-state index contributed by atoms with van der Waals surface area (Å²) in [6.45, 7) is 8.34. The predicted octanol–water partition coefficient (Wildman–Crippen LogP) is 6.36. The molecule has 0 radical (unpaired) electrons. The lowest BCUT2D eigenvalue weighted by atomic mass is 9.92. The average molecular weight is 502 g/mol. The molecule has 2 aromatic carbocycles. The van der Waals surface area contributed by atoms with E-state index >= 15 is 0 Å². The SMILES string of the molecule is CCCN(CC(=O)Nc1cc(C(C)(C)C)nn1-c1ccccc1)C(=O)Nc1c(Cl)cccc1Cl. The van der Waals surface area contributed by atoms with Crippen molar-refractivity contribution in [2.75, 3.05) is 23.7 Å². The highest BCUT2D eigenvalue weighted by Gasteiger charge is 2.23. The summed E-state index contributed by atoms with van der Waals surface area (Å²) in [5.74, 6) is 0.193. The third kappa shape index (κ3) is 6.30. The molecule has 0 aliphatic carbocycles. The Balaban J connectivity index is 1.80. The molecule has 3 rings (SSSR count). The lowest BCUT2D eigenvalue weighted by Crippen LogP contribution is -2.41. The quantitative estimate of drug-likeness (QED) is 0.395. The number of urea groups is 1. The van der Waals surface area contributed by atoms with Crippen molar-refractivity contribution in [3.05, 3.63) is 70.3 Å². The Bertz CT molecular complexity index is 1140. The monoisotopic (exact) mass is 501 g/mol. The van der Waals surface area contributed by atoms with Crippen LogP contribution in [0.3, 0.4) is 0 Å². The smallest absolute Gasteiger partial charge is 0.315 e. The van der Waals surface area contributed by atoms with Gasteiger partial charge in [-0.3, -0.25) is 4.79 Å². The Hall–Kier alpha value is -3.03. The van der Waals surface area contributed by atoms with Gasteiger partial charge in [0.05, 0.1) is 27.1 Å². The van der Waals surface area contributed by atoms with Crippen molar-refractivity contribution >= 4 is 46.6 Å². The van der Waals surface area contributed by atoms with Crippen molar-refractivity contribution < 1.29 is 9.59 Å². The summed E-state index contributed by atoms with van der Waals surface area (Å²) in [4.78, 5) is 27.3. The van der Waals surface area contributed by atoms with E-state index in [9.17, 15) is 9.59 Å². The molecular weight excluding hydrogens is 473 g/mol. The van der Waals surface area contributed by atoms with E-state index in [0.717, 1.165) is 11.4 Å². The van der Waals surface area contributed by atoms with Crippen LogP contribution in [0.25, 0.3) is 5.69 Å². The van der Waals surface area contributed by atoms with Crippen molar-refractivity contribution in [1.29, 1.82) is 0 Å². The number of carbonyl (C=O) groups is 2. The van der Waals surface area contributed by atoms with Gasteiger partial charge in [0.2, 0.25) is 5.91 Å². The topological polar surface area (TPSA) is 79.3 Å². The first-order valence-corrected chi connectivity index (χ1v) is 11.8. The number of halogens is 2. The van der Waals surface area contributed by atoms with Crippen LogP contribution in [0.4, 0.5) is 16.3 Å². The number of para-hydroxylation sites is 2. The van der Waals surface area contributed by atoms with E-state index in [1.165, 1.54) is 4.90 Å². The Morgan fingerprint density at radius 1 is 1.00 bits per heavy atom. The zero-order chi connectivity index (χ0) is 24.9. The number of hydrogen-bond donors (Lipinski definition) is 2. The normalized spacial score (nSPS) is 11.2. The second-order valence-corrected chi connectivity index (χ2v) is 9.72. The molecule has 3 amide bonds. The second kappa shape index (κ2) is 10.9. The van der Waals surface area contributed by atoms with Crippen molar-refractivity contribution in [2.45, 2.75) is 39.5 Å². The molecule has 1 heterocycles. The van der Waals surface area contributed by atoms with Gasteiger partial charge in [0.15, 0.2) is 0 Å². The van der Waals surface area contributed by atoms with Gasteiger partial charge in [0.25, 0.3) is 0 Å². The van der Waals surface area contributed by atoms with Crippen LogP contribution in [0.2, 0.25) is 10.0 Å². The van der Waals surface area contributed by atoms with E-state index in [4.69, 9.17) is 28.3 Å². The zero-order valence-corrected chi connectivity index (χ0v) is 21.2. The number of amides is 3. The van der Waals surface area contributed by atoms with E-state index < -0.39 is 6.03 Å². The van der Waals surface area contributed by atoms with Crippen LogP contribution >= 0.6 is 23.2 Å². The molecule has 180 valence electrons. The van der Waals surface area contributed by atoms with Gasteiger partial charge < -0.3 is 15.5 Å². The maximum absolute atomic E-state index is 13.0. The summed E-state index contributed by atoms with van der Waals surface area (Å²) >= 11 is 12.4. The van der Waals surface area contributed by atoms with Crippen LogP contribution in [0.5, 0.6) is 0 Å². The summed E-state index contributed by atoms with van der Waals surface area (Å²) in [5.41, 5.74) is 1.77. The minimum atomic E-state index is -0.459. The van der Waals surface area contributed by atoms with Crippen LogP contribution in [0.1, 0.15) is 39.8 Å². The summed E-state index contributed by atoms with van der Waals surface area (Å²) in [7, 11) is 0. The lowest BCUT2D eigenvalue weighted by Gasteiger charge is -2.22. The Labute approximate surface area is 210 Å². The molecule has 7 nitrogen and oxygen atoms in total. The van der Waals surface area contributed by atoms with E-state index in [1.807, 2.05) is 43.3 Å². The molecule has 0 unspecified atom stereocenters. The summed E-state index contributed by atoms with van der Waals surface area (Å²) in [5, 5.41) is 11.0. The van der Waals surface area contributed by atoms with Crippen LogP contribution in [0.15, 0.2) is 54.6 Å². The number of hydrogen-bond acceptors (Lipinski definition) is 3. The molecule has 3 aromatic rings. The standard InChI is InChI=1S/C25H29Cl2N5O2/c1-5-14-31(24(34)29-23-18(26)12-9-13-19(23)27)16-22(33)28-21-15-20(25(2,3)4)30-32(21)17-10-7-6-8-11-17/h6-13,15H,5,14,16H2,1-4H3,(H,28,33)(H,29,34). The van der Waals surface area contributed by atoms with Crippen molar-refractivity contribution in [2.24, 2.45) is 0 Å². The van der Waals surface area contributed by atoms with E-state index in [-0.39, 0.29) is 17.9 Å². The highest BCUT2D eigenvalue weighted by atomic mass is 35.5. The summed E-state index contributed by atoms with van der Waals surface area (Å²) < 4.78 is 1.70. The van der Waals surface area contributed by atoms with E-state index in [2.05, 4.69) is 31.4 Å². The molecular formula is C25H29Cl2N5O2. The van der Waals surface area contributed by atoms with Gasteiger partial charge in [-0.15, -0.1) is 0 Å². The molecule has 0 fully saturated rings. The van der Waals surface area contributed by atoms with Crippen molar-refractivity contribution in [1.82, 2.24) is 14.7 Å². The number of aromatic nitrogens is 2. The van der Waals surface area contributed by atoms with Gasteiger partial charge in [-0.2, -0.15) is 5.10 Å². The van der Waals surface area contributed by atoms with Crippen LogP contribution in [-0.2, 0) is 10.2 Å². The number of rotatable bonds is 7. The van der Waals surface area contributed by atoms with Gasteiger partial charge in [0, 0.05) is 18.0 Å². The minimum Gasteiger partial charge on any atom is -0.315 e. The van der Waals surface area contributed by atoms with Crippen molar-refractivity contribution in [3.8, 4) is 5.69 Å². The van der Waals surface area contributed by atoms with Gasteiger partial charge >= 0.3 is 6.03 Å². The number of anilines is 2. The first kappa shape index (κ1) is 25.6. The third-order valence-corrected chi connectivity index (χ3v) is 5.69. The fourth-order valence-corrected chi connectivity index (χ4v) is 3.78. The predicted molar refractivity (Wildman–Crippen MR) is 138 cm³/mol. The second-order valence-electron chi connectivity index (χ2n) is 8.91. The molecule has 0 atom stereocenters. The summed E-state index contributed by atoms with van der Waals surface area (Å²) in [6.07, 6.45) is 0.674. The Kier molecular flexibility index (Phi) is 8.23. The Morgan fingerprint density at radius 3 is 2.24 bits per heavy atom. The van der Waals surface area contributed by atoms with Gasteiger partial charge in [-0.05, 0) is 30.7 Å². The van der Waals surface area contributed by atoms with Crippen LogP contribution in [-0.4, -0.2) is 39.7 Å². The maximum Gasteiger partial charge on any atom is 0.322 e. The number of benzene rings is 2. The molecule has 0 saturated heterocycles. The molecule has 1 aromatic heterocycles. The lowest BCUT2D eigenvalue weighted by molar-refractivity contribution is -0.116. The van der Waals surface area contributed by atoms with Crippen molar-refractivity contribution in [3.63, 3.8) is 0 Å². The highest BCUT2D eigenvalue weighted by Crippen LogP contribution is 2.30. The average Bonchev–Trinajstić information content (AvgIpc) is 3.21. The fraction of sp³-hybridized carbons (Fsp3) is 0.320. The molecule has 9 heteroatoms. The Morgan fingerprint density at radius 2 is 1.65 bits per heavy atom. The molecule has 0 bridgehead atoms. The van der Waals surface area contributed by atoms with Crippen LogP contribution in [0, 0.1) is 0 Å². The number of nitrogens with one attached hydrogen (secondary N) is 2. The zero-order valence-electron chi connectivity index (χ0n) is 19.7. The highest BCUT2D eigenvalue weighted by molar-refractivity contribution is 6.39. The van der Waals surface area contributed by atoms with Gasteiger partial charge in [-0.1, -0.05) is 75.2 Å². The van der Waals surface area contributed by atoms with Crippen LogP contribution < -0.4 is 10.6 Å². The minimum absolute atomic E-state index is 0.146. The van der Waals surface area contributed by atoms with Gasteiger partial charge in [-0.25, -0.2) is 9.48 Å². The first-order chi connectivity index (χ1) is 16.1. The van der Waals surface area contributed by atoms with Gasteiger partial charge in [0.1, 0.15) is 12.4 Å². The molecule has 0 aliphatic rings. The first-order valence-electron chi connectivity index (χ1n) is 11.1. The largest absolute Gasteiger partial charge is 0.322 e. The molecule has 2 N–H and O–H groups in total. The molecule has 0 saturated carbocycles. The molecule has 0 aliphatic heterocycles. The summed E-state index contributed by atoms with van der Waals surface area (Å²) in [6, 6.07) is 15.9. The molecule has 0 spiro atoms.